The van der Waals surface area contributed by atoms with Gasteiger partial charge in [-0.05, 0) is 30.2 Å². The van der Waals surface area contributed by atoms with Crippen LogP contribution in [0.25, 0.3) is 11.0 Å². The van der Waals surface area contributed by atoms with Gasteiger partial charge in [-0.3, -0.25) is 4.79 Å². The number of benzene rings is 2. The summed E-state index contributed by atoms with van der Waals surface area (Å²) in [6.45, 7) is 2.02. The molecule has 3 heteroatoms. The SMILES string of the molecule is Cc1ccccc1Cc1coc2cc(O)ccc2c1=O. The number of phenols is 1. The molecule has 100 valence electrons. The minimum absolute atomic E-state index is 0.0468. The summed E-state index contributed by atoms with van der Waals surface area (Å²) < 4.78 is 5.46. The highest BCUT2D eigenvalue weighted by Gasteiger charge is 2.09. The largest absolute Gasteiger partial charge is 0.508 e. The van der Waals surface area contributed by atoms with Gasteiger partial charge < -0.3 is 9.52 Å². The van der Waals surface area contributed by atoms with E-state index in [4.69, 9.17) is 4.42 Å². The zero-order chi connectivity index (χ0) is 14.1. The summed E-state index contributed by atoms with van der Waals surface area (Å²) in [5.41, 5.74) is 3.24. The van der Waals surface area contributed by atoms with Gasteiger partial charge in [-0.1, -0.05) is 24.3 Å². The maximum Gasteiger partial charge on any atom is 0.196 e. The first-order chi connectivity index (χ1) is 9.65. The third-order valence-corrected chi connectivity index (χ3v) is 3.47. The van der Waals surface area contributed by atoms with E-state index >= 15 is 0 Å². The molecule has 3 nitrogen and oxygen atoms in total. The summed E-state index contributed by atoms with van der Waals surface area (Å²) in [4.78, 5) is 12.4. The molecule has 0 fully saturated rings. The Kier molecular flexibility index (Phi) is 3.03. The average molecular weight is 266 g/mol. The zero-order valence-corrected chi connectivity index (χ0v) is 11.1. The molecule has 3 aromatic rings. The molecule has 0 atom stereocenters. The lowest BCUT2D eigenvalue weighted by Crippen LogP contribution is -2.09. The topological polar surface area (TPSA) is 50.4 Å². The number of hydrogen-bond donors (Lipinski definition) is 1. The van der Waals surface area contributed by atoms with Crippen LogP contribution in [-0.2, 0) is 6.42 Å². The monoisotopic (exact) mass is 266 g/mol. The number of aryl methyl sites for hydroxylation is 1. The fourth-order valence-corrected chi connectivity index (χ4v) is 2.29. The van der Waals surface area contributed by atoms with Gasteiger partial charge in [0.2, 0.25) is 0 Å². The van der Waals surface area contributed by atoms with E-state index in [-0.39, 0.29) is 11.2 Å². The van der Waals surface area contributed by atoms with E-state index < -0.39 is 0 Å². The Hall–Kier alpha value is -2.55. The predicted octanol–water partition coefficient (Wildman–Crippen LogP) is 3.40. The van der Waals surface area contributed by atoms with Gasteiger partial charge in [0.25, 0.3) is 0 Å². The van der Waals surface area contributed by atoms with Gasteiger partial charge in [0, 0.05) is 18.1 Å². The van der Waals surface area contributed by atoms with Crippen LogP contribution in [0.2, 0.25) is 0 Å². The normalized spacial score (nSPS) is 10.8. The van der Waals surface area contributed by atoms with Crippen LogP contribution in [0.3, 0.4) is 0 Å². The molecule has 0 unspecified atom stereocenters. The molecule has 0 radical (unpaired) electrons. The van der Waals surface area contributed by atoms with Crippen molar-refractivity contribution in [1.29, 1.82) is 0 Å². The second-order valence-corrected chi connectivity index (χ2v) is 4.87. The molecule has 0 saturated heterocycles. The molecule has 3 rings (SSSR count). The summed E-state index contributed by atoms with van der Waals surface area (Å²) in [5, 5.41) is 9.89. The highest BCUT2D eigenvalue weighted by atomic mass is 16.3. The van der Waals surface area contributed by atoms with E-state index in [1.165, 1.54) is 18.4 Å². The number of fused-ring (bicyclic) bond motifs is 1. The lowest BCUT2D eigenvalue weighted by atomic mass is 10.0. The molecule has 0 aliphatic heterocycles. The smallest absolute Gasteiger partial charge is 0.196 e. The summed E-state index contributed by atoms with van der Waals surface area (Å²) in [6.07, 6.45) is 2.03. The zero-order valence-electron chi connectivity index (χ0n) is 11.1. The van der Waals surface area contributed by atoms with E-state index in [1.807, 2.05) is 31.2 Å². The minimum atomic E-state index is -0.0468. The Morgan fingerprint density at radius 3 is 2.70 bits per heavy atom. The Balaban J connectivity index is 2.09. The first-order valence-corrected chi connectivity index (χ1v) is 6.43. The summed E-state index contributed by atoms with van der Waals surface area (Å²) in [5.74, 6) is 0.0901. The molecule has 1 N–H and O–H groups in total. The van der Waals surface area contributed by atoms with Gasteiger partial charge in [0.1, 0.15) is 11.3 Å². The Bertz CT molecular complexity index is 831. The van der Waals surface area contributed by atoms with E-state index in [0.29, 0.717) is 23.0 Å². The lowest BCUT2D eigenvalue weighted by molar-refractivity contribution is 0.474. The quantitative estimate of drug-likeness (QED) is 0.773. The van der Waals surface area contributed by atoms with Crippen molar-refractivity contribution in [1.82, 2.24) is 0 Å². The van der Waals surface area contributed by atoms with Gasteiger partial charge in [0.15, 0.2) is 5.43 Å². The average Bonchev–Trinajstić information content (AvgIpc) is 2.44. The molecule has 0 bridgehead atoms. The van der Waals surface area contributed by atoms with Gasteiger partial charge in [-0.25, -0.2) is 0 Å². The van der Waals surface area contributed by atoms with Crippen LogP contribution < -0.4 is 5.43 Å². The fraction of sp³-hybridized carbons (Fsp3) is 0.118. The van der Waals surface area contributed by atoms with Crippen LogP contribution >= 0.6 is 0 Å². The molecule has 0 amide bonds. The Morgan fingerprint density at radius 1 is 1.10 bits per heavy atom. The third-order valence-electron chi connectivity index (χ3n) is 3.47. The van der Waals surface area contributed by atoms with Crippen LogP contribution in [0.4, 0.5) is 0 Å². The molecule has 2 aromatic carbocycles. The van der Waals surface area contributed by atoms with E-state index in [2.05, 4.69) is 0 Å². The summed E-state index contributed by atoms with van der Waals surface area (Å²) >= 11 is 0. The van der Waals surface area contributed by atoms with Gasteiger partial charge in [-0.15, -0.1) is 0 Å². The van der Waals surface area contributed by atoms with E-state index in [9.17, 15) is 9.90 Å². The minimum Gasteiger partial charge on any atom is -0.508 e. The standard InChI is InChI=1S/C17H14O3/c1-11-4-2-3-5-12(11)8-13-10-20-16-9-14(18)6-7-15(16)17(13)19/h2-7,9-10,18H,8H2,1H3. The van der Waals surface area contributed by atoms with Crippen molar-refractivity contribution in [2.24, 2.45) is 0 Å². The molecule has 20 heavy (non-hydrogen) atoms. The molecule has 0 saturated carbocycles. The molecule has 1 aromatic heterocycles. The van der Waals surface area contributed by atoms with Crippen molar-refractivity contribution in [3.05, 3.63) is 75.6 Å². The Morgan fingerprint density at radius 2 is 1.90 bits per heavy atom. The second kappa shape index (κ2) is 4.85. The molecule has 0 aliphatic rings. The summed E-state index contributed by atoms with van der Waals surface area (Å²) in [7, 11) is 0. The maximum absolute atomic E-state index is 12.4. The molecular weight excluding hydrogens is 252 g/mol. The van der Waals surface area contributed by atoms with Crippen LogP contribution in [0.5, 0.6) is 5.75 Å². The van der Waals surface area contributed by atoms with Gasteiger partial charge in [-0.2, -0.15) is 0 Å². The van der Waals surface area contributed by atoms with E-state index in [0.717, 1.165) is 11.1 Å². The van der Waals surface area contributed by atoms with E-state index in [1.54, 1.807) is 6.07 Å². The highest BCUT2D eigenvalue weighted by molar-refractivity contribution is 5.78. The molecular formula is C17H14O3. The van der Waals surface area contributed by atoms with Gasteiger partial charge in [0.05, 0.1) is 11.6 Å². The van der Waals surface area contributed by atoms with Crippen molar-refractivity contribution in [3.8, 4) is 5.75 Å². The van der Waals surface area contributed by atoms with Crippen molar-refractivity contribution in [3.63, 3.8) is 0 Å². The fourth-order valence-electron chi connectivity index (χ4n) is 2.29. The number of rotatable bonds is 2. The van der Waals surface area contributed by atoms with Crippen LogP contribution in [-0.4, -0.2) is 5.11 Å². The van der Waals surface area contributed by atoms with Crippen molar-refractivity contribution >= 4 is 11.0 Å². The molecule has 1 heterocycles. The first kappa shape index (κ1) is 12.5. The van der Waals surface area contributed by atoms with Crippen LogP contribution in [0.15, 0.2) is 57.9 Å². The third kappa shape index (κ3) is 2.18. The number of hydrogen-bond acceptors (Lipinski definition) is 3. The van der Waals surface area contributed by atoms with Gasteiger partial charge >= 0.3 is 0 Å². The molecule has 0 spiro atoms. The summed E-state index contributed by atoms with van der Waals surface area (Å²) in [6, 6.07) is 12.5. The Labute approximate surface area is 116 Å². The predicted molar refractivity (Wildman–Crippen MR) is 78.1 cm³/mol. The number of phenolic OH excluding ortho intramolecular Hbond substituents is 1. The first-order valence-electron chi connectivity index (χ1n) is 6.43. The molecule has 0 aliphatic carbocycles. The lowest BCUT2D eigenvalue weighted by Gasteiger charge is -2.06. The maximum atomic E-state index is 12.4. The highest BCUT2D eigenvalue weighted by Crippen LogP contribution is 2.19. The number of aromatic hydroxyl groups is 1. The van der Waals surface area contributed by atoms with Crippen molar-refractivity contribution < 1.29 is 9.52 Å². The van der Waals surface area contributed by atoms with Crippen molar-refractivity contribution in [2.75, 3.05) is 0 Å². The van der Waals surface area contributed by atoms with Crippen LogP contribution in [0, 0.1) is 6.92 Å². The van der Waals surface area contributed by atoms with Crippen LogP contribution in [0.1, 0.15) is 16.7 Å². The van der Waals surface area contributed by atoms with Crippen molar-refractivity contribution in [2.45, 2.75) is 13.3 Å². The second-order valence-electron chi connectivity index (χ2n) is 4.87.